The Morgan fingerprint density at radius 1 is 1.16 bits per heavy atom. The summed E-state index contributed by atoms with van der Waals surface area (Å²) < 4.78 is 45.3. The Bertz CT molecular complexity index is 850. The summed E-state index contributed by atoms with van der Waals surface area (Å²) in [5, 5.41) is 10.4. The van der Waals surface area contributed by atoms with Crippen molar-refractivity contribution in [1.29, 1.82) is 5.26 Å². The quantitative estimate of drug-likeness (QED) is 0.774. The van der Waals surface area contributed by atoms with Crippen molar-refractivity contribution in [3.8, 4) is 6.07 Å². The number of rotatable bonds is 3. The summed E-state index contributed by atoms with van der Waals surface area (Å²) in [6, 6.07) is 8.12. The summed E-state index contributed by atoms with van der Waals surface area (Å²) in [4.78, 5) is 4.00. The molecule has 25 heavy (non-hydrogen) atoms. The van der Waals surface area contributed by atoms with E-state index in [4.69, 9.17) is 0 Å². The lowest BCUT2D eigenvalue weighted by molar-refractivity contribution is 0.325. The molecule has 0 aliphatic carbocycles. The Kier molecular flexibility index (Phi) is 4.65. The first-order valence-electron chi connectivity index (χ1n) is 7.69. The number of nitriles is 1. The monoisotopic (exact) mass is 364 g/mol. The fourth-order valence-electron chi connectivity index (χ4n) is 3.01. The Morgan fingerprint density at radius 3 is 2.32 bits per heavy atom. The van der Waals surface area contributed by atoms with E-state index in [1.54, 1.807) is 18.2 Å². The first-order valence-corrected chi connectivity index (χ1v) is 9.19. The average Bonchev–Trinajstić information content (AvgIpc) is 2.61. The second-order valence-corrected chi connectivity index (χ2v) is 7.26. The molecule has 132 valence electrons. The van der Waals surface area contributed by atoms with Gasteiger partial charge in [-0.1, -0.05) is 0 Å². The largest absolute Gasteiger partial charge is 0.369 e. The molecular weight excluding hydrogens is 347 g/mol. The van der Waals surface area contributed by atoms with E-state index in [9.17, 15) is 22.6 Å². The first kappa shape index (κ1) is 17.3. The van der Waals surface area contributed by atoms with E-state index < -0.39 is 15.5 Å². The molecule has 1 aromatic rings. The third-order valence-electron chi connectivity index (χ3n) is 4.26. The van der Waals surface area contributed by atoms with Gasteiger partial charge in [-0.15, -0.1) is 0 Å². The van der Waals surface area contributed by atoms with Gasteiger partial charge in [0.15, 0.2) is 5.37 Å². The van der Waals surface area contributed by atoms with Crippen LogP contribution < -0.4 is 10.2 Å². The highest BCUT2D eigenvalue weighted by Crippen LogP contribution is 2.24. The molecule has 2 heterocycles. The highest BCUT2D eigenvalue weighted by Gasteiger charge is 2.33. The van der Waals surface area contributed by atoms with Gasteiger partial charge in [-0.2, -0.15) is 13.7 Å². The molecule has 0 amide bonds. The summed E-state index contributed by atoms with van der Waals surface area (Å²) in [7, 11) is -4.43. The minimum absolute atomic E-state index is 0.0276. The lowest BCUT2D eigenvalue weighted by Crippen LogP contribution is -2.47. The molecule has 1 saturated heterocycles. The average molecular weight is 364 g/mol. The topological polar surface area (TPSA) is 96.7 Å². The number of nitrogens with one attached hydrogen (secondary N) is 1. The van der Waals surface area contributed by atoms with Crippen LogP contribution in [0.15, 0.2) is 47.8 Å². The maximum atomic E-state index is 13.0. The zero-order valence-corrected chi connectivity index (χ0v) is 14.1. The van der Waals surface area contributed by atoms with Gasteiger partial charge in [0.05, 0.1) is 11.3 Å². The van der Waals surface area contributed by atoms with Gasteiger partial charge in [0.1, 0.15) is 11.9 Å². The van der Waals surface area contributed by atoms with Gasteiger partial charge in [0.25, 0.3) is 10.1 Å². The SMILES string of the molecule is N#CC1=C(N2CCN(c3ccc(F)cc3)CC2)C=CNC1S(=O)(=O)O. The highest BCUT2D eigenvalue weighted by atomic mass is 32.2. The molecule has 1 atom stereocenters. The standard InChI is InChI=1S/C16H17FN4O3S/c17-12-1-3-13(4-2-12)20-7-9-21(10-8-20)15-5-6-19-16(14(15)11-18)25(22,23)24/h1-6,16,19H,7-10H2,(H,22,23,24). The van der Waals surface area contributed by atoms with Crippen molar-refractivity contribution in [3.63, 3.8) is 0 Å². The lowest BCUT2D eigenvalue weighted by Gasteiger charge is -2.39. The second kappa shape index (κ2) is 6.74. The van der Waals surface area contributed by atoms with E-state index in [0.717, 1.165) is 5.69 Å². The predicted octanol–water partition coefficient (Wildman–Crippen LogP) is 1.06. The number of hydrogen-bond donors (Lipinski definition) is 2. The smallest absolute Gasteiger partial charge is 0.291 e. The highest BCUT2D eigenvalue weighted by molar-refractivity contribution is 7.86. The Morgan fingerprint density at radius 2 is 1.76 bits per heavy atom. The summed E-state index contributed by atoms with van der Waals surface area (Å²) in [6.07, 6.45) is 3.05. The summed E-state index contributed by atoms with van der Waals surface area (Å²) in [5.74, 6) is -0.290. The molecule has 2 aliphatic rings. The van der Waals surface area contributed by atoms with Crippen LogP contribution >= 0.6 is 0 Å². The maximum Gasteiger partial charge on any atom is 0.291 e. The van der Waals surface area contributed by atoms with E-state index in [0.29, 0.717) is 31.9 Å². The molecule has 0 radical (unpaired) electrons. The maximum absolute atomic E-state index is 13.0. The van der Waals surface area contributed by atoms with Crippen molar-refractivity contribution < 1.29 is 17.4 Å². The van der Waals surface area contributed by atoms with Crippen LogP contribution in [0.2, 0.25) is 0 Å². The van der Waals surface area contributed by atoms with Crippen LogP contribution in [0.3, 0.4) is 0 Å². The molecule has 0 bridgehead atoms. The fraction of sp³-hybridized carbons (Fsp3) is 0.312. The zero-order valence-electron chi connectivity index (χ0n) is 13.3. The number of anilines is 1. The Labute approximate surface area is 145 Å². The minimum atomic E-state index is -4.43. The van der Waals surface area contributed by atoms with E-state index in [-0.39, 0.29) is 11.4 Å². The number of allylic oxidation sites excluding steroid dienone is 1. The third-order valence-corrected chi connectivity index (χ3v) is 5.22. The van der Waals surface area contributed by atoms with Crippen molar-refractivity contribution in [2.45, 2.75) is 5.37 Å². The van der Waals surface area contributed by atoms with Gasteiger partial charge < -0.3 is 15.1 Å². The van der Waals surface area contributed by atoms with Gasteiger partial charge in [-0.3, -0.25) is 4.55 Å². The van der Waals surface area contributed by atoms with Crippen LogP contribution in [0.4, 0.5) is 10.1 Å². The zero-order chi connectivity index (χ0) is 18.0. The van der Waals surface area contributed by atoms with Crippen LogP contribution in [0.25, 0.3) is 0 Å². The van der Waals surface area contributed by atoms with Crippen LogP contribution in [0.5, 0.6) is 0 Å². The van der Waals surface area contributed by atoms with Crippen molar-refractivity contribution in [3.05, 3.63) is 53.6 Å². The fourth-order valence-corrected chi connectivity index (χ4v) is 3.73. The van der Waals surface area contributed by atoms with Crippen LogP contribution in [0, 0.1) is 17.1 Å². The molecule has 7 nitrogen and oxygen atoms in total. The van der Waals surface area contributed by atoms with Crippen LogP contribution in [0.1, 0.15) is 0 Å². The van der Waals surface area contributed by atoms with Gasteiger partial charge in [0.2, 0.25) is 0 Å². The molecule has 0 spiro atoms. The molecule has 1 aromatic carbocycles. The minimum Gasteiger partial charge on any atom is -0.369 e. The number of piperazine rings is 1. The second-order valence-electron chi connectivity index (χ2n) is 5.76. The van der Waals surface area contributed by atoms with E-state index in [1.165, 1.54) is 18.3 Å². The molecule has 2 N–H and O–H groups in total. The molecule has 0 aromatic heterocycles. The Hall–Kier alpha value is -2.57. The molecule has 0 saturated carbocycles. The van der Waals surface area contributed by atoms with Gasteiger partial charge in [-0.05, 0) is 36.5 Å². The number of benzene rings is 1. The lowest BCUT2D eigenvalue weighted by atomic mass is 10.1. The molecule has 1 unspecified atom stereocenters. The van der Waals surface area contributed by atoms with Crippen molar-refractivity contribution >= 4 is 15.8 Å². The van der Waals surface area contributed by atoms with Gasteiger partial charge in [-0.25, -0.2) is 4.39 Å². The van der Waals surface area contributed by atoms with Crippen molar-refractivity contribution in [2.24, 2.45) is 0 Å². The predicted molar refractivity (Wildman–Crippen MR) is 90.4 cm³/mol. The number of nitrogens with zero attached hydrogens (tertiary/aromatic N) is 3. The number of hydrogen-bond acceptors (Lipinski definition) is 6. The van der Waals surface area contributed by atoms with Crippen LogP contribution in [-0.4, -0.2) is 49.4 Å². The summed E-state index contributed by atoms with van der Waals surface area (Å²) in [6.45, 7) is 2.43. The normalized spacial score (nSPS) is 21.1. The van der Waals surface area contributed by atoms with Gasteiger partial charge in [0, 0.05) is 31.9 Å². The molecular formula is C16H17FN4O3S. The Balaban J connectivity index is 1.77. The van der Waals surface area contributed by atoms with E-state index in [1.807, 2.05) is 11.0 Å². The molecule has 9 heteroatoms. The molecule has 1 fully saturated rings. The van der Waals surface area contributed by atoms with Crippen molar-refractivity contribution in [1.82, 2.24) is 10.2 Å². The molecule has 3 rings (SSSR count). The molecule has 2 aliphatic heterocycles. The first-order chi connectivity index (χ1) is 11.9. The van der Waals surface area contributed by atoms with Crippen LogP contribution in [-0.2, 0) is 10.1 Å². The number of halogens is 1. The van der Waals surface area contributed by atoms with Gasteiger partial charge >= 0.3 is 0 Å². The van der Waals surface area contributed by atoms with E-state index in [2.05, 4.69) is 10.2 Å². The van der Waals surface area contributed by atoms with E-state index >= 15 is 0 Å². The third kappa shape index (κ3) is 3.60. The summed E-state index contributed by atoms with van der Waals surface area (Å²) in [5.41, 5.74) is 1.37. The summed E-state index contributed by atoms with van der Waals surface area (Å²) >= 11 is 0. The number of dihydropyridines is 1. The van der Waals surface area contributed by atoms with Crippen molar-refractivity contribution in [2.75, 3.05) is 31.1 Å².